The average Bonchev–Trinajstić information content (AvgIpc) is 2.48. The molecule has 0 N–H and O–H groups in total. The van der Waals surface area contributed by atoms with E-state index >= 15 is 0 Å². The molecule has 0 aromatic heterocycles. The maximum Gasteiger partial charge on any atom is 0.258 e. The third-order valence-corrected chi connectivity index (χ3v) is 3.01. The Morgan fingerprint density at radius 3 is 2.40 bits per heavy atom. The molecule has 0 spiro atoms. The average molecular weight is 264 g/mol. The Kier molecular flexibility index (Phi) is 4.17. The summed E-state index contributed by atoms with van der Waals surface area (Å²) in [5, 5.41) is 8.93. The standard InChI is InChI=1S/C17H16N2O/c1-13(2)19(16-9-4-3-5-10-16)17(20)15-8-6-7-14(11-15)12-18/h3-11,13H,1-2H3. The summed E-state index contributed by atoms with van der Waals surface area (Å²) < 4.78 is 0. The third-order valence-electron chi connectivity index (χ3n) is 3.01. The van der Waals surface area contributed by atoms with Crippen LogP contribution in [0.2, 0.25) is 0 Å². The van der Waals surface area contributed by atoms with Gasteiger partial charge >= 0.3 is 0 Å². The Bertz CT molecular complexity index is 642. The van der Waals surface area contributed by atoms with Gasteiger partial charge in [-0.15, -0.1) is 0 Å². The third kappa shape index (κ3) is 2.86. The SMILES string of the molecule is CC(C)N(C(=O)c1cccc(C#N)c1)c1ccccc1. The van der Waals surface area contributed by atoms with E-state index in [2.05, 4.69) is 6.07 Å². The first kappa shape index (κ1) is 13.8. The Labute approximate surface area is 119 Å². The Morgan fingerprint density at radius 2 is 1.80 bits per heavy atom. The summed E-state index contributed by atoms with van der Waals surface area (Å²) in [6.45, 7) is 3.94. The van der Waals surface area contributed by atoms with Crippen LogP contribution in [-0.2, 0) is 0 Å². The molecule has 0 aliphatic carbocycles. The van der Waals surface area contributed by atoms with Gasteiger partial charge in [0.15, 0.2) is 0 Å². The van der Waals surface area contributed by atoms with Gasteiger partial charge in [0.2, 0.25) is 0 Å². The number of benzene rings is 2. The van der Waals surface area contributed by atoms with Crippen LogP contribution in [0.3, 0.4) is 0 Å². The van der Waals surface area contributed by atoms with Crippen molar-refractivity contribution in [3.05, 3.63) is 65.7 Å². The van der Waals surface area contributed by atoms with Crippen LogP contribution in [0.25, 0.3) is 0 Å². The highest BCUT2D eigenvalue weighted by atomic mass is 16.2. The molecule has 20 heavy (non-hydrogen) atoms. The summed E-state index contributed by atoms with van der Waals surface area (Å²) in [6, 6.07) is 18.4. The number of carbonyl (C=O) groups excluding carboxylic acids is 1. The van der Waals surface area contributed by atoms with Crippen LogP contribution in [0.5, 0.6) is 0 Å². The predicted octanol–water partition coefficient (Wildman–Crippen LogP) is 3.61. The first-order valence-electron chi connectivity index (χ1n) is 6.52. The number of carbonyl (C=O) groups is 1. The summed E-state index contributed by atoms with van der Waals surface area (Å²) in [7, 11) is 0. The van der Waals surface area contributed by atoms with Crippen LogP contribution >= 0.6 is 0 Å². The molecule has 2 aromatic carbocycles. The molecular weight excluding hydrogens is 248 g/mol. The molecule has 0 atom stereocenters. The normalized spacial score (nSPS) is 10.1. The van der Waals surface area contributed by atoms with Crippen molar-refractivity contribution in [1.29, 1.82) is 5.26 Å². The maximum atomic E-state index is 12.7. The van der Waals surface area contributed by atoms with Crippen LogP contribution < -0.4 is 4.90 Å². The summed E-state index contributed by atoms with van der Waals surface area (Å²) in [5.41, 5.74) is 1.88. The topological polar surface area (TPSA) is 44.1 Å². The van der Waals surface area contributed by atoms with Gasteiger partial charge < -0.3 is 4.90 Å². The van der Waals surface area contributed by atoms with Crippen LogP contribution in [0.4, 0.5) is 5.69 Å². The van der Waals surface area contributed by atoms with Gasteiger partial charge in [0.05, 0.1) is 11.6 Å². The molecule has 3 heteroatoms. The summed E-state index contributed by atoms with van der Waals surface area (Å²) in [5.74, 6) is -0.0942. The zero-order chi connectivity index (χ0) is 14.5. The fourth-order valence-corrected chi connectivity index (χ4v) is 2.10. The van der Waals surface area contributed by atoms with E-state index in [0.29, 0.717) is 11.1 Å². The van der Waals surface area contributed by atoms with E-state index in [1.807, 2.05) is 44.2 Å². The van der Waals surface area contributed by atoms with Gasteiger partial charge in [-0.1, -0.05) is 24.3 Å². The molecule has 0 aliphatic heterocycles. The first-order chi connectivity index (χ1) is 9.63. The lowest BCUT2D eigenvalue weighted by Gasteiger charge is -2.27. The maximum absolute atomic E-state index is 12.7. The van der Waals surface area contributed by atoms with Crippen molar-refractivity contribution in [3.8, 4) is 6.07 Å². The molecule has 0 saturated heterocycles. The summed E-state index contributed by atoms with van der Waals surface area (Å²) in [6.07, 6.45) is 0. The van der Waals surface area contributed by atoms with Crippen molar-refractivity contribution >= 4 is 11.6 Å². The van der Waals surface area contributed by atoms with Gasteiger partial charge in [-0.2, -0.15) is 5.26 Å². The number of rotatable bonds is 3. The van der Waals surface area contributed by atoms with Gasteiger partial charge in [-0.05, 0) is 44.2 Å². The van der Waals surface area contributed by atoms with Crippen molar-refractivity contribution in [2.24, 2.45) is 0 Å². The van der Waals surface area contributed by atoms with E-state index in [1.165, 1.54) is 0 Å². The lowest BCUT2D eigenvalue weighted by Crippen LogP contribution is -2.37. The summed E-state index contributed by atoms with van der Waals surface area (Å²) >= 11 is 0. The van der Waals surface area contributed by atoms with E-state index in [4.69, 9.17) is 5.26 Å². The lowest BCUT2D eigenvalue weighted by atomic mass is 10.1. The van der Waals surface area contributed by atoms with Crippen molar-refractivity contribution < 1.29 is 4.79 Å². The van der Waals surface area contributed by atoms with Gasteiger partial charge in [0.1, 0.15) is 0 Å². The van der Waals surface area contributed by atoms with Crippen LogP contribution in [0.1, 0.15) is 29.8 Å². The Morgan fingerprint density at radius 1 is 1.10 bits per heavy atom. The van der Waals surface area contributed by atoms with E-state index in [-0.39, 0.29) is 11.9 Å². The van der Waals surface area contributed by atoms with E-state index in [1.54, 1.807) is 29.2 Å². The first-order valence-corrected chi connectivity index (χ1v) is 6.52. The molecule has 0 heterocycles. The van der Waals surface area contributed by atoms with Gasteiger partial charge in [-0.3, -0.25) is 4.79 Å². The highest BCUT2D eigenvalue weighted by Gasteiger charge is 2.20. The van der Waals surface area contributed by atoms with E-state index in [0.717, 1.165) is 5.69 Å². The second kappa shape index (κ2) is 6.03. The molecule has 0 fully saturated rings. The smallest absolute Gasteiger partial charge is 0.258 e. The fourth-order valence-electron chi connectivity index (χ4n) is 2.10. The minimum atomic E-state index is -0.0942. The van der Waals surface area contributed by atoms with Crippen molar-refractivity contribution in [2.75, 3.05) is 4.90 Å². The number of hydrogen-bond donors (Lipinski definition) is 0. The van der Waals surface area contributed by atoms with E-state index in [9.17, 15) is 4.79 Å². The zero-order valence-corrected chi connectivity index (χ0v) is 11.6. The zero-order valence-electron chi connectivity index (χ0n) is 11.6. The highest BCUT2D eigenvalue weighted by molar-refractivity contribution is 6.06. The monoisotopic (exact) mass is 264 g/mol. The molecule has 0 bridgehead atoms. The van der Waals surface area contributed by atoms with Crippen molar-refractivity contribution in [2.45, 2.75) is 19.9 Å². The van der Waals surface area contributed by atoms with Crippen molar-refractivity contribution in [3.63, 3.8) is 0 Å². The molecule has 0 unspecified atom stereocenters. The van der Waals surface area contributed by atoms with Crippen molar-refractivity contribution in [1.82, 2.24) is 0 Å². The second-order valence-corrected chi connectivity index (χ2v) is 4.80. The number of anilines is 1. The van der Waals surface area contributed by atoms with E-state index < -0.39 is 0 Å². The number of amides is 1. The Balaban J connectivity index is 2.40. The minimum Gasteiger partial charge on any atom is -0.306 e. The fraction of sp³-hybridized carbons (Fsp3) is 0.176. The molecule has 0 aliphatic rings. The molecule has 2 rings (SSSR count). The van der Waals surface area contributed by atoms with Crippen LogP contribution in [0, 0.1) is 11.3 Å². The molecular formula is C17H16N2O. The highest BCUT2D eigenvalue weighted by Crippen LogP contribution is 2.20. The molecule has 0 radical (unpaired) electrons. The number of nitriles is 1. The van der Waals surface area contributed by atoms with Gasteiger partial charge in [-0.25, -0.2) is 0 Å². The number of para-hydroxylation sites is 1. The van der Waals surface area contributed by atoms with Gasteiger partial charge in [0, 0.05) is 17.3 Å². The molecule has 2 aromatic rings. The predicted molar refractivity (Wildman–Crippen MR) is 79.5 cm³/mol. The number of nitrogens with zero attached hydrogens (tertiary/aromatic N) is 2. The molecule has 0 saturated carbocycles. The second-order valence-electron chi connectivity index (χ2n) is 4.80. The Hall–Kier alpha value is -2.60. The largest absolute Gasteiger partial charge is 0.306 e. The lowest BCUT2D eigenvalue weighted by molar-refractivity contribution is 0.0980. The minimum absolute atomic E-state index is 0.0376. The van der Waals surface area contributed by atoms with Crippen LogP contribution in [-0.4, -0.2) is 11.9 Å². The molecule has 3 nitrogen and oxygen atoms in total. The van der Waals surface area contributed by atoms with Crippen LogP contribution in [0.15, 0.2) is 54.6 Å². The molecule has 1 amide bonds. The molecule has 100 valence electrons. The summed E-state index contributed by atoms with van der Waals surface area (Å²) in [4.78, 5) is 14.4. The van der Waals surface area contributed by atoms with Gasteiger partial charge in [0.25, 0.3) is 5.91 Å². The number of hydrogen-bond acceptors (Lipinski definition) is 2. The quantitative estimate of drug-likeness (QED) is 0.850.